The van der Waals surface area contributed by atoms with Gasteiger partial charge in [0.2, 0.25) is 5.91 Å². The number of nitrogens with one attached hydrogen (secondary N) is 1. The summed E-state index contributed by atoms with van der Waals surface area (Å²) in [5.41, 5.74) is 2.86. The molecule has 0 radical (unpaired) electrons. The number of fused-ring (bicyclic) bond motifs is 1. The van der Waals surface area contributed by atoms with E-state index in [9.17, 15) is 4.79 Å². The minimum absolute atomic E-state index is 0.231. The first-order valence-corrected chi connectivity index (χ1v) is 6.39. The van der Waals surface area contributed by atoms with Crippen molar-refractivity contribution in [3.8, 4) is 0 Å². The zero-order valence-corrected chi connectivity index (χ0v) is 10.7. The van der Waals surface area contributed by atoms with E-state index in [-0.39, 0.29) is 11.8 Å². The van der Waals surface area contributed by atoms with Crippen LogP contribution in [0.4, 0.5) is 5.69 Å². The Balaban J connectivity index is 1.90. The average Bonchev–Trinajstić information content (AvgIpc) is 2.64. The molecule has 0 saturated heterocycles. The molecule has 3 rings (SSSR count). The zero-order valence-electron chi connectivity index (χ0n) is 10.7. The normalized spacial score (nSPS) is 15.7. The lowest BCUT2D eigenvalue weighted by Crippen LogP contribution is -2.36. The van der Waals surface area contributed by atoms with Crippen LogP contribution >= 0.6 is 0 Å². The number of imidazole rings is 1. The first-order valence-electron chi connectivity index (χ1n) is 6.39. The van der Waals surface area contributed by atoms with Crippen LogP contribution in [0.2, 0.25) is 0 Å². The van der Waals surface area contributed by atoms with Gasteiger partial charge in [-0.2, -0.15) is 0 Å². The zero-order chi connectivity index (χ0) is 12.7. The molecule has 1 saturated carbocycles. The molecule has 0 atom stereocenters. The van der Waals surface area contributed by atoms with Crippen LogP contribution in [0.1, 0.15) is 25.1 Å². The molecular weight excluding hydrogens is 226 g/mol. The number of aromatic amines is 1. The first-order chi connectivity index (χ1) is 8.65. The van der Waals surface area contributed by atoms with E-state index in [1.54, 1.807) is 4.90 Å². The molecule has 94 valence electrons. The third-order valence-electron chi connectivity index (χ3n) is 3.76. The van der Waals surface area contributed by atoms with Gasteiger partial charge in [-0.05, 0) is 38.0 Å². The Hall–Kier alpha value is -1.84. The second kappa shape index (κ2) is 4.12. The second-order valence-corrected chi connectivity index (χ2v) is 5.05. The highest BCUT2D eigenvalue weighted by Crippen LogP contribution is 2.30. The van der Waals surface area contributed by atoms with Crippen LogP contribution in [0.15, 0.2) is 18.2 Å². The molecule has 0 spiro atoms. The van der Waals surface area contributed by atoms with Crippen LogP contribution in [0.5, 0.6) is 0 Å². The summed E-state index contributed by atoms with van der Waals surface area (Å²) in [5, 5.41) is 0. The SMILES string of the molecule is Cc1nc2ccc(N(C)C(=O)C3CCC3)cc2[nH]1. The van der Waals surface area contributed by atoms with Gasteiger partial charge in [0.15, 0.2) is 0 Å². The molecule has 1 N–H and O–H groups in total. The summed E-state index contributed by atoms with van der Waals surface area (Å²) in [7, 11) is 1.85. The number of carbonyl (C=O) groups excluding carboxylic acids is 1. The number of rotatable bonds is 2. The minimum atomic E-state index is 0.231. The van der Waals surface area contributed by atoms with E-state index >= 15 is 0 Å². The number of anilines is 1. The van der Waals surface area contributed by atoms with E-state index in [2.05, 4.69) is 9.97 Å². The van der Waals surface area contributed by atoms with Crippen LogP contribution in [-0.4, -0.2) is 22.9 Å². The Kier molecular flexibility index (Phi) is 2.58. The lowest BCUT2D eigenvalue weighted by molar-refractivity contribution is -0.124. The molecule has 1 amide bonds. The van der Waals surface area contributed by atoms with Gasteiger partial charge < -0.3 is 9.88 Å². The number of benzene rings is 1. The van der Waals surface area contributed by atoms with Crippen molar-refractivity contribution < 1.29 is 4.79 Å². The number of aryl methyl sites for hydroxylation is 1. The molecular formula is C14H17N3O. The number of aromatic nitrogens is 2. The van der Waals surface area contributed by atoms with Gasteiger partial charge in [0.05, 0.1) is 11.0 Å². The molecule has 4 nitrogen and oxygen atoms in total. The fourth-order valence-corrected chi connectivity index (χ4v) is 2.39. The molecule has 1 aromatic carbocycles. The van der Waals surface area contributed by atoms with Gasteiger partial charge in [-0.25, -0.2) is 4.98 Å². The Morgan fingerprint density at radius 3 is 2.89 bits per heavy atom. The van der Waals surface area contributed by atoms with Gasteiger partial charge in [0.1, 0.15) is 5.82 Å². The average molecular weight is 243 g/mol. The number of carbonyl (C=O) groups is 1. The number of hydrogen-bond acceptors (Lipinski definition) is 2. The number of amides is 1. The van der Waals surface area contributed by atoms with Crippen molar-refractivity contribution in [1.29, 1.82) is 0 Å². The van der Waals surface area contributed by atoms with Gasteiger partial charge in [-0.1, -0.05) is 6.42 Å². The van der Waals surface area contributed by atoms with Crippen LogP contribution in [0.3, 0.4) is 0 Å². The minimum Gasteiger partial charge on any atom is -0.342 e. The van der Waals surface area contributed by atoms with Gasteiger partial charge in [0.25, 0.3) is 0 Å². The quantitative estimate of drug-likeness (QED) is 0.881. The van der Waals surface area contributed by atoms with E-state index < -0.39 is 0 Å². The van der Waals surface area contributed by atoms with Crippen LogP contribution in [0, 0.1) is 12.8 Å². The number of H-pyrrole nitrogens is 1. The Morgan fingerprint density at radius 2 is 2.22 bits per heavy atom. The van der Waals surface area contributed by atoms with Gasteiger partial charge >= 0.3 is 0 Å². The summed E-state index contributed by atoms with van der Waals surface area (Å²) in [6, 6.07) is 5.91. The van der Waals surface area contributed by atoms with Gasteiger partial charge in [-0.15, -0.1) is 0 Å². The first kappa shape index (κ1) is 11.3. The van der Waals surface area contributed by atoms with Crippen LogP contribution in [-0.2, 0) is 4.79 Å². The predicted octanol–water partition coefficient (Wildman–Crippen LogP) is 2.63. The fraction of sp³-hybridized carbons (Fsp3) is 0.429. The Morgan fingerprint density at radius 1 is 1.44 bits per heavy atom. The molecule has 1 aliphatic rings. The van der Waals surface area contributed by atoms with E-state index in [1.807, 2.05) is 32.2 Å². The highest BCUT2D eigenvalue weighted by Gasteiger charge is 2.28. The molecule has 1 aliphatic carbocycles. The maximum Gasteiger partial charge on any atom is 0.229 e. The fourth-order valence-electron chi connectivity index (χ4n) is 2.39. The molecule has 4 heteroatoms. The lowest BCUT2D eigenvalue weighted by Gasteiger charge is -2.29. The molecule has 0 unspecified atom stereocenters. The number of nitrogens with zero attached hydrogens (tertiary/aromatic N) is 2. The Labute approximate surface area is 106 Å². The summed E-state index contributed by atoms with van der Waals surface area (Å²) < 4.78 is 0. The molecule has 0 aliphatic heterocycles. The summed E-state index contributed by atoms with van der Waals surface area (Å²) >= 11 is 0. The maximum atomic E-state index is 12.2. The van der Waals surface area contributed by atoms with Crippen molar-refractivity contribution in [2.75, 3.05) is 11.9 Å². The smallest absolute Gasteiger partial charge is 0.229 e. The van der Waals surface area contributed by atoms with Crippen molar-refractivity contribution >= 4 is 22.6 Å². The summed E-state index contributed by atoms with van der Waals surface area (Å²) in [6.45, 7) is 1.93. The van der Waals surface area contributed by atoms with Gasteiger partial charge in [-0.3, -0.25) is 4.79 Å². The van der Waals surface area contributed by atoms with Crippen molar-refractivity contribution in [2.45, 2.75) is 26.2 Å². The second-order valence-electron chi connectivity index (χ2n) is 5.05. The van der Waals surface area contributed by atoms with Crippen LogP contribution in [0.25, 0.3) is 11.0 Å². The highest BCUT2D eigenvalue weighted by molar-refractivity contribution is 5.96. The van der Waals surface area contributed by atoms with E-state index in [1.165, 1.54) is 6.42 Å². The van der Waals surface area contributed by atoms with Crippen molar-refractivity contribution in [1.82, 2.24) is 9.97 Å². The van der Waals surface area contributed by atoms with Gasteiger partial charge in [0, 0.05) is 18.7 Å². The van der Waals surface area contributed by atoms with E-state index in [0.29, 0.717) is 0 Å². The molecule has 18 heavy (non-hydrogen) atoms. The third kappa shape index (κ3) is 1.78. The molecule has 1 heterocycles. The van der Waals surface area contributed by atoms with Crippen molar-refractivity contribution in [2.24, 2.45) is 5.92 Å². The summed E-state index contributed by atoms with van der Waals surface area (Å²) in [5.74, 6) is 1.36. The van der Waals surface area contributed by atoms with Crippen LogP contribution < -0.4 is 4.90 Å². The number of hydrogen-bond donors (Lipinski definition) is 1. The largest absolute Gasteiger partial charge is 0.342 e. The molecule has 1 fully saturated rings. The summed E-state index contributed by atoms with van der Waals surface area (Å²) in [6.07, 6.45) is 3.26. The van der Waals surface area contributed by atoms with E-state index in [4.69, 9.17) is 0 Å². The highest BCUT2D eigenvalue weighted by atomic mass is 16.2. The molecule has 1 aromatic heterocycles. The topological polar surface area (TPSA) is 49.0 Å². The van der Waals surface area contributed by atoms with Crippen molar-refractivity contribution in [3.05, 3.63) is 24.0 Å². The monoisotopic (exact) mass is 243 g/mol. The maximum absolute atomic E-state index is 12.2. The Bertz CT molecular complexity index is 598. The lowest BCUT2D eigenvalue weighted by atomic mass is 9.84. The third-order valence-corrected chi connectivity index (χ3v) is 3.76. The molecule has 2 aromatic rings. The molecule has 0 bridgehead atoms. The summed E-state index contributed by atoms with van der Waals surface area (Å²) in [4.78, 5) is 21.5. The predicted molar refractivity (Wildman–Crippen MR) is 71.6 cm³/mol. The standard InChI is InChI=1S/C14H17N3O/c1-9-15-12-7-6-11(8-13(12)16-9)17(2)14(18)10-4-3-5-10/h6-8,10H,3-5H2,1-2H3,(H,15,16). The van der Waals surface area contributed by atoms with E-state index in [0.717, 1.165) is 35.4 Å². The van der Waals surface area contributed by atoms with Crippen molar-refractivity contribution in [3.63, 3.8) is 0 Å².